The Morgan fingerprint density at radius 1 is 1.08 bits per heavy atom. The molecule has 0 saturated heterocycles. The van der Waals surface area contributed by atoms with E-state index in [1.165, 1.54) is 4.88 Å². The van der Waals surface area contributed by atoms with E-state index in [0.29, 0.717) is 6.61 Å². The Labute approximate surface area is 145 Å². The largest absolute Gasteiger partial charge is 0.488 e. The van der Waals surface area contributed by atoms with Crippen LogP contribution in [-0.2, 0) is 6.61 Å². The van der Waals surface area contributed by atoms with Crippen LogP contribution in [0.3, 0.4) is 0 Å². The number of anilines is 1. The van der Waals surface area contributed by atoms with Gasteiger partial charge in [0, 0.05) is 10.4 Å². The van der Waals surface area contributed by atoms with Crippen molar-refractivity contribution in [3.63, 3.8) is 0 Å². The van der Waals surface area contributed by atoms with E-state index in [4.69, 9.17) is 4.74 Å². The van der Waals surface area contributed by atoms with Gasteiger partial charge in [0.25, 0.3) is 0 Å². The summed E-state index contributed by atoms with van der Waals surface area (Å²) in [5, 5.41) is 5.07. The number of aromatic nitrogens is 1. The lowest BCUT2D eigenvalue weighted by Crippen LogP contribution is -1.99. The number of benzene rings is 2. The van der Waals surface area contributed by atoms with Crippen LogP contribution in [0.1, 0.15) is 21.7 Å². The Morgan fingerprint density at radius 2 is 1.83 bits per heavy atom. The molecule has 0 saturated carbocycles. The van der Waals surface area contributed by atoms with Gasteiger partial charge in [-0.05, 0) is 31.5 Å². The zero-order chi connectivity index (χ0) is 16.8. The molecule has 0 spiro atoms. The molecule has 0 amide bonds. The minimum absolute atomic E-state index is 0.532. The Balaban J connectivity index is 1.66. The molecule has 0 aliphatic carbocycles. The summed E-state index contributed by atoms with van der Waals surface area (Å²) < 4.78 is 5.92. The van der Waals surface area contributed by atoms with E-state index < -0.39 is 0 Å². The number of aryl methyl sites for hydroxylation is 2. The highest BCUT2D eigenvalue weighted by Crippen LogP contribution is 2.21. The monoisotopic (exact) mass is 337 g/mol. The molecule has 0 aliphatic rings. The number of hydrogen-bond donors (Lipinski definition) is 1. The fraction of sp³-hybridized carbons (Fsp3) is 0.158. The fourth-order valence-corrected chi connectivity index (χ4v) is 2.90. The van der Waals surface area contributed by atoms with E-state index in [0.717, 1.165) is 27.7 Å². The predicted molar refractivity (Wildman–Crippen MR) is 100 cm³/mol. The molecule has 1 aromatic heterocycles. The van der Waals surface area contributed by atoms with E-state index in [1.54, 1.807) is 17.6 Å². The maximum absolute atomic E-state index is 5.92. The van der Waals surface area contributed by atoms with Crippen LogP contribution < -0.4 is 10.2 Å². The molecule has 0 fully saturated rings. The van der Waals surface area contributed by atoms with Crippen LogP contribution in [0.4, 0.5) is 5.13 Å². The Morgan fingerprint density at radius 3 is 2.58 bits per heavy atom. The average Bonchev–Trinajstić information content (AvgIpc) is 2.93. The number of ether oxygens (including phenoxy) is 1. The van der Waals surface area contributed by atoms with E-state index in [9.17, 15) is 0 Å². The predicted octanol–water partition coefficient (Wildman–Crippen LogP) is 4.78. The van der Waals surface area contributed by atoms with Gasteiger partial charge in [-0.15, -0.1) is 11.3 Å². The van der Waals surface area contributed by atoms with Crippen LogP contribution in [0.15, 0.2) is 59.7 Å². The highest BCUT2D eigenvalue weighted by Gasteiger charge is 2.03. The van der Waals surface area contributed by atoms with Gasteiger partial charge < -0.3 is 4.74 Å². The number of rotatable bonds is 6. The SMILES string of the molecule is Cc1nc(N/N=C/c2ccccc2OCc2ccccc2)sc1C. The lowest BCUT2D eigenvalue weighted by Gasteiger charge is -2.08. The first-order valence-electron chi connectivity index (χ1n) is 7.71. The summed E-state index contributed by atoms with van der Waals surface area (Å²) in [5.41, 5.74) is 6.07. The highest BCUT2D eigenvalue weighted by molar-refractivity contribution is 7.15. The third kappa shape index (κ3) is 4.20. The third-order valence-electron chi connectivity index (χ3n) is 3.55. The summed E-state index contributed by atoms with van der Waals surface area (Å²) in [7, 11) is 0. The highest BCUT2D eigenvalue weighted by atomic mass is 32.1. The molecule has 0 radical (unpaired) electrons. The van der Waals surface area contributed by atoms with Crippen LogP contribution in [0.25, 0.3) is 0 Å². The van der Waals surface area contributed by atoms with Gasteiger partial charge in [0.2, 0.25) is 5.13 Å². The minimum Gasteiger partial charge on any atom is -0.488 e. The number of nitrogens with zero attached hydrogens (tertiary/aromatic N) is 2. The summed E-state index contributed by atoms with van der Waals surface area (Å²) in [5.74, 6) is 0.804. The molecule has 3 aromatic rings. The van der Waals surface area contributed by atoms with Crippen molar-refractivity contribution in [3.05, 3.63) is 76.3 Å². The van der Waals surface area contributed by atoms with Gasteiger partial charge in [0.05, 0.1) is 11.9 Å². The molecular formula is C19H19N3OS. The first-order valence-corrected chi connectivity index (χ1v) is 8.53. The quantitative estimate of drug-likeness (QED) is 0.520. The maximum atomic E-state index is 5.92. The molecular weight excluding hydrogens is 318 g/mol. The standard InChI is InChI=1S/C19H19N3OS/c1-14-15(2)24-19(21-14)22-20-12-17-10-6-7-11-18(17)23-13-16-8-4-3-5-9-16/h3-12H,13H2,1-2H3,(H,21,22)/b20-12+. The summed E-state index contributed by atoms with van der Waals surface area (Å²) in [6.45, 7) is 4.58. The minimum atomic E-state index is 0.532. The zero-order valence-electron chi connectivity index (χ0n) is 13.7. The van der Waals surface area contributed by atoms with Gasteiger partial charge in [-0.3, -0.25) is 5.43 Å². The van der Waals surface area contributed by atoms with Crippen molar-refractivity contribution in [2.75, 3.05) is 5.43 Å². The number of hydrogen-bond acceptors (Lipinski definition) is 5. The van der Waals surface area contributed by atoms with Crippen LogP contribution in [0, 0.1) is 13.8 Å². The molecule has 5 heteroatoms. The average molecular weight is 337 g/mol. The molecule has 3 rings (SSSR count). The molecule has 122 valence electrons. The third-order valence-corrected chi connectivity index (χ3v) is 4.53. The molecule has 0 aliphatic heterocycles. The molecule has 0 unspecified atom stereocenters. The second-order valence-electron chi connectivity index (χ2n) is 5.34. The van der Waals surface area contributed by atoms with E-state index in [-0.39, 0.29) is 0 Å². The number of para-hydroxylation sites is 1. The number of hydrazone groups is 1. The van der Waals surface area contributed by atoms with Gasteiger partial charge in [-0.2, -0.15) is 5.10 Å². The lowest BCUT2D eigenvalue weighted by molar-refractivity contribution is 0.306. The molecule has 4 nitrogen and oxygen atoms in total. The van der Waals surface area contributed by atoms with Crippen molar-refractivity contribution >= 4 is 22.7 Å². The van der Waals surface area contributed by atoms with Crippen LogP contribution in [-0.4, -0.2) is 11.2 Å². The van der Waals surface area contributed by atoms with Gasteiger partial charge in [-0.1, -0.05) is 42.5 Å². The maximum Gasteiger partial charge on any atom is 0.203 e. The molecule has 2 aromatic carbocycles. The van der Waals surface area contributed by atoms with E-state index in [2.05, 4.69) is 22.4 Å². The second kappa shape index (κ2) is 7.75. The zero-order valence-corrected chi connectivity index (χ0v) is 14.5. The number of nitrogens with one attached hydrogen (secondary N) is 1. The van der Waals surface area contributed by atoms with Crippen molar-refractivity contribution in [2.45, 2.75) is 20.5 Å². The summed E-state index contributed by atoms with van der Waals surface area (Å²) >= 11 is 1.59. The van der Waals surface area contributed by atoms with Crippen LogP contribution in [0.2, 0.25) is 0 Å². The first-order chi connectivity index (χ1) is 11.7. The van der Waals surface area contributed by atoms with E-state index >= 15 is 0 Å². The lowest BCUT2D eigenvalue weighted by atomic mass is 10.2. The van der Waals surface area contributed by atoms with Gasteiger partial charge >= 0.3 is 0 Å². The van der Waals surface area contributed by atoms with Crippen molar-refractivity contribution in [3.8, 4) is 5.75 Å². The Bertz CT molecular complexity index is 808. The van der Waals surface area contributed by atoms with Crippen molar-refractivity contribution in [1.29, 1.82) is 0 Å². The van der Waals surface area contributed by atoms with Crippen molar-refractivity contribution in [2.24, 2.45) is 5.10 Å². The molecule has 0 bridgehead atoms. The Hall–Kier alpha value is -2.66. The Kier molecular flexibility index (Phi) is 5.23. The topological polar surface area (TPSA) is 46.5 Å². The summed E-state index contributed by atoms with van der Waals surface area (Å²) in [6, 6.07) is 18.0. The normalized spacial score (nSPS) is 10.9. The van der Waals surface area contributed by atoms with Crippen molar-refractivity contribution in [1.82, 2.24) is 4.98 Å². The fourth-order valence-electron chi connectivity index (χ4n) is 2.13. The number of thiazole rings is 1. The smallest absolute Gasteiger partial charge is 0.203 e. The van der Waals surface area contributed by atoms with Gasteiger partial charge in [0.15, 0.2) is 0 Å². The molecule has 1 heterocycles. The van der Waals surface area contributed by atoms with E-state index in [1.807, 2.05) is 61.5 Å². The summed E-state index contributed by atoms with van der Waals surface area (Å²) in [4.78, 5) is 5.60. The van der Waals surface area contributed by atoms with Crippen LogP contribution in [0.5, 0.6) is 5.75 Å². The van der Waals surface area contributed by atoms with Crippen LogP contribution >= 0.6 is 11.3 Å². The second-order valence-corrected chi connectivity index (χ2v) is 6.55. The molecule has 24 heavy (non-hydrogen) atoms. The van der Waals surface area contributed by atoms with Crippen molar-refractivity contribution < 1.29 is 4.74 Å². The van der Waals surface area contributed by atoms with Gasteiger partial charge in [-0.25, -0.2) is 4.98 Å². The first kappa shape index (κ1) is 16.2. The molecule has 1 N–H and O–H groups in total. The molecule has 0 atom stereocenters. The van der Waals surface area contributed by atoms with Gasteiger partial charge in [0.1, 0.15) is 12.4 Å². The summed E-state index contributed by atoms with van der Waals surface area (Å²) in [6.07, 6.45) is 1.76.